The summed E-state index contributed by atoms with van der Waals surface area (Å²) in [6.07, 6.45) is 3.12. The minimum Gasteiger partial charge on any atom is -0.378 e. The standard InChI is InChI=1S/C22H22ClFN6O2/c1-11-8-12(5-7-32-11)30-17(31)10-16(27-22(30)25)13-9-14(24)19-20(18(13)23)29-21(28-19)15-4-2-3-6-26-15/h2-4,6,9,11-12,16H,5,7-8,10H2,1H3,(H2,25,27)(H,28,29). The van der Waals surface area contributed by atoms with Crippen LogP contribution in [0.5, 0.6) is 0 Å². The molecule has 3 unspecified atom stereocenters. The number of imidazole rings is 1. The Kier molecular flexibility index (Phi) is 5.30. The molecule has 4 heterocycles. The second-order valence-corrected chi connectivity index (χ2v) is 8.49. The zero-order chi connectivity index (χ0) is 22.4. The van der Waals surface area contributed by atoms with E-state index in [1.807, 2.05) is 13.0 Å². The number of aromatic nitrogens is 3. The van der Waals surface area contributed by atoms with Gasteiger partial charge in [-0.05, 0) is 38.0 Å². The summed E-state index contributed by atoms with van der Waals surface area (Å²) in [7, 11) is 0. The summed E-state index contributed by atoms with van der Waals surface area (Å²) in [4.78, 5) is 30.7. The number of carbonyl (C=O) groups excluding carboxylic acids is 1. The van der Waals surface area contributed by atoms with E-state index in [0.717, 1.165) is 0 Å². The average Bonchev–Trinajstić information content (AvgIpc) is 3.23. The number of halogens is 2. The van der Waals surface area contributed by atoms with Gasteiger partial charge in [0.1, 0.15) is 11.2 Å². The van der Waals surface area contributed by atoms with Gasteiger partial charge in [-0.3, -0.25) is 14.7 Å². The number of benzene rings is 1. The minimum atomic E-state index is -0.677. The van der Waals surface area contributed by atoms with Gasteiger partial charge in [0, 0.05) is 24.4 Å². The third-order valence-corrected chi connectivity index (χ3v) is 6.35. The van der Waals surface area contributed by atoms with E-state index in [1.54, 1.807) is 23.2 Å². The number of amides is 1. The summed E-state index contributed by atoms with van der Waals surface area (Å²) >= 11 is 6.64. The molecule has 2 aromatic heterocycles. The molecular formula is C22H22ClFN6O2. The molecule has 2 aliphatic heterocycles. The van der Waals surface area contributed by atoms with Gasteiger partial charge in [0.2, 0.25) is 5.91 Å². The fraction of sp³-hybridized carbons (Fsp3) is 0.364. The normalized spacial score (nSPS) is 24.1. The number of guanidine groups is 1. The third kappa shape index (κ3) is 3.61. The summed E-state index contributed by atoms with van der Waals surface area (Å²) < 4.78 is 20.5. The number of hydrogen-bond acceptors (Lipinski definition) is 6. The Bertz CT molecular complexity index is 1210. The maximum Gasteiger partial charge on any atom is 0.232 e. The van der Waals surface area contributed by atoms with Crippen LogP contribution in [0.15, 0.2) is 35.5 Å². The molecule has 1 aromatic carbocycles. The van der Waals surface area contributed by atoms with Crippen LogP contribution < -0.4 is 5.73 Å². The molecule has 5 rings (SSSR count). The molecule has 3 atom stereocenters. The van der Waals surface area contributed by atoms with Crippen LogP contribution in [-0.2, 0) is 9.53 Å². The van der Waals surface area contributed by atoms with Crippen molar-refractivity contribution in [2.75, 3.05) is 6.61 Å². The lowest BCUT2D eigenvalue weighted by Gasteiger charge is -2.38. The molecule has 1 saturated heterocycles. The van der Waals surface area contributed by atoms with Crippen molar-refractivity contribution in [2.45, 2.75) is 44.4 Å². The second kappa shape index (κ2) is 8.14. The van der Waals surface area contributed by atoms with Gasteiger partial charge < -0.3 is 15.5 Å². The number of hydrogen-bond donors (Lipinski definition) is 2. The lowest BCUT2D eigenvalue weighted by atomic mass is 9.98. The largest absolute Gasteiger partial charge is 0.378 e. The van der Waals surface area contributed by atoms with Crippen molar-refractivity contribution in [2.24, 2.45) is 10.7 Å². The predicted molar refractivity (Wildman–Crippen MR) is 119 cm³/mol. The molecule has 0 radical (unpaired) electrons. The maximum absolute atomic E-state index is 15.0. The second-order valence-electron chi connectivity index (χ2n) is 8.12. The quantitative estimate of drug-likeness (QED) is 0.626. The molecule has 0 aliphatic carbocycles. The highest BCUT2D eigenvalue weighted by Gasteiger charge is 2.36. The predicted octanol–water partition coefficient (Wildman–Crippen LogP) is 3.57. The van der Waals surface area contributed by atoms with Gasteiger partial charge >= 0.3 is 0 Å². The topological polar surface area (TPSA) is 109 Å². The van der Waals surface area contributed by atoms with Crippen LogP contribution in [-0.4, -0.2) is 50.5 Å². The lowest BCUT2D eigenvalue weighted by Crippen LogP contribution is -2.53. The van der Waals surface area contributed by atoms with Crippen LogP contribution in [0.2, 0.25) is 5.02 Å². The number of aromatic amines is 1. The summed E-state index contributed by atoms with van der Waals surface area (Å²) in [5.41, 5.74) is 7.61. The maximum atomic E-state index is 15.0. The Morgan fingerprint density at radius 3 is 2.94 bits per heavy atom. The van der Waals surface area contributed by atoms with Gasteiger partial charge in [-0.15, -0.1) is 0 Å². The number of nitrogens with zero attached hydrogens (tertiary/aromatic N) is 4. The van der Waals surface area contributed by atoms with Crippen molar-refractivity contribution in [1.29, 1.82) is 0 Å². The van der Waals surface area contributed by atoms with Gasteiger partial charge in [0.25, 0.3) is 0 Å². The molecule has 3 aromatic rings. The highest BCUT2D eigenvalue weighted by atomic mass is 35.5. The number of ether oxygens (including phenoxy) is 1. The fourth-order valence-corrected chi connectivity index (χ4v) is 4.74. The first-order valence-electron chi connectivity index (χ1n) is 10.5. The molecule has 1 amide bonds. The van der Waals surface area contributed by atoms with Gasteiger partial charge in [-0.2, -0.15) is 0 Å². The monoisotopic (exact) mass is 456 g/mol. The fourth-order valence-electron chi connectivity index (χ4n) is 4.42. The van der Waals surface area contributed by atoms with Crippen molar-refractivity contribution < 1.29 is 13.9 Å². The van der Waals surface area contributed by atoms with Crippen LogP contribution in [0.3, 0.4) is 0 Å². The first-order valence-corrected chi connectivity index (χ1v) is 10.9. The molecule has 0 spiro atoms. The van der Waals surface area contributed by atoms with E-state index < -0.39 is 11.9 Å². The van der Waals surface area contributed by atoms with E-state index in [4.69, 9.17) is 22.1 Å². The van der Waals surface area contributed by atoms with Crippen LogP contribution in [0, 0.1) is 5.82 Å². The summed E-state index contributed by atoms with van der Waals surface area (Å²) in [6.45, 7) is 2.54. The van der Waals surface area contributed by atoms with Gasteiger partial charge in [-0.1, -0.05) is 17.7 Å². The molecule has 3 N–H and O–H groups in total. The van der Waals surface area contributed by atoms with E-state index in [-0.39, 0.29) is 41.0 Å². The average molecular weight is 457 g/mol. The molecule has 166 valence electrons. The molecule has 2 aliphatic rings. The summed E-state index contributed by atoms with van der Waals surface area (Å²) in [5, 5.41) is 0.263. The molecule has 10 heteroatoms. The first-order chi connectivity index (χ1) is 15.4. The number of pyridine rings is 1. The molecule has 1 fully saturated rings. The van der Waals surface area contributed by atoms with Crippen molar-refractivity contribution >= 4 is 34.5 Å². The van der Waals surface area contributed by atoms with E-state index in [0.29, 0.717) is 42.0 Å². The first kappa shape index (κ1) is 20.8. The van der Waals surface area contributed by atoms with Crippen molar-refractivity contribution in [3.8, 4) is 11.5 Å². The van der Waals surface area contributed by atoms with Gasteiger partial charge in [-0.25, -0.2) is 14.4 Å². The van der Waals surface area contributed by atoms with Crippen molar-refractivity contribution in [3.05, 3.63) is 46.9 Å². The van der Waals surface area contributed by atoms with E-state index >= 15 is 0 Å². The number of rotatable bonds is 3. The van der Waals surface area contributed by atoms with Crippen LogP contribution in [0.25, 0.3) is 22.6 Å². The van der Waals surface area contributed by atoms with Gasteiger partial charge in [0.05, 0.1) is 29.1 Å². The number of nitrogens with one attached hydrogen (secondary N) is 1. The molecular weight excluding hydrogens is 435 g/mol. The van der Waals surface area contributed by atoms with E-state index in [1.165, 1.54) is 6.07 Å². The smallest absolute Gasteiger partial charge is 0.232 e. The number of fused-ring (bicyclic) bond motifs is 1. The highest BCUT2D eigenvalue weighted by Crippen LogP contribution is 2.38. The SMILES string of the molecule is CC1CC(N2C(=O)CC(c3cc(F)c4nc(-c5ccccn5)[nH]c4c3Cl)N=C2N)CCO1. The van der Waals surface area contributed by atoms with Crippen LogP contribution >= 0.6 is 11.6 Å². The molecule has 0 bridgehead atoms. The lowest BCUT2D eigenvalue weighted by molar-refractivity contribution is -0.132. The van der Waals surface area contributed by atoms with Crippen LogP contribution in [0.1, 0.15) is 37.8 Å². The summed E-state index contributed by atoms with van der Waals surface area (Å²) in [5.74, 6) is -0.182. The zero-order valence-corrected chi connectivity index (χ0v) is 18.1. The molecule has 32 heavy (non-hydrogen) atoms. The number of carbonyl (C=O) groups is 1. The Hall–Kier alpha value is -3.04. The van der Waals surface area contributed by atoms with E-state index in [2.05, 4.69) is 19.9 Å². The number of aliphatic imine (C=N–C) groups is 1. The number of nitrogens with two attached hydrogens (primary N) is 1. The van der Waals surface area contributed by atoms with Crippen molar-refractivity contribution in [1.82, 2.24) is 19.9 Å². The number of H-pyrrole nitrogens is 1. The Labute approximate surface area is 188 Å². The van der Waals surface area contributed by atoms with Gasteiger partial charge in [0.15, 0.2) is 17.6 Å². The molecule has 8 nitrogen and oxygen atoms in total. The third-order valence-electron chi connectivity index (χ3n) is 5.95. The Balaban J connectivity index is 1.51. The minimum absolute atomic E-state index is 0.0479. The molecule has 0 saturated carbocycles. The summed E-state index contributed by atoms with van der Waals surface area (Å²) in [6, 6.07) is 5.91. The Morgan fingerprint density at radius 1 is 1.38 bits per heavy atom. The zero-order valence-electron chi connectivity index (χ0n) is 17.4. The highest BCUT2D eigenvalue weighted by molar-refractivity contribution is 6.36. The van der Waals surface area contributed by atoms with Crippen LogP contribution in [0.4, 0.5) is 4.39 Å². The van der Waals surface area contributed by atoms with E-state index in [9.17, 15) is 9.18 Å². The van der Waals surface area contributed by atoms with Crippen molar-refractivity contribution in [3.63, 3.8) is 0 Å². The Morgan fingerprint density at radius 2 is 2.22 bits per heavy atom.